The van der Waals surface area contributed by atoms with Gasteiger partial charge in [-0.05, 0) is 17.7 Å². The van der Waals surface area contributed by atoms with E-state index in [1.54, 1.807) is 28.6 Å². The summed E-state index contributed by atoms with van der Waals surface area (Å²) < 4.78 is 15.1. The van der Waals surface area contributed by atoms with Gasteiger partial charge >= 0.3 is 0 Å². The zero-order valence-electron chi connectivity index (χ0n) is 11.5. The molecule has 0 amide bonds. The first-order valence-corrected chi connectivity index (χ1v) is 7.77. The molecule has 0 radical (unpaired) electrons. The van der Waals surface area contributed by atoms with Crippen molar-refractivity contribution in [3.63, 3.8) is 0 Å². The van der Waals surface area contributed by atoms with E-state index in [9.17, 15) is 4.39 Å². The molecule has 1 aliphatic rings. The second kappa shape index (κ2) is 5.38. The Hall–Kier alpha value is -2.47. The predicted molar refractivity (Wildman–Crippen MR) is 84.5 cm³/mol. The Kier molecular flexibility index (Phi) is 3.23. The monoisotopic (exact) mass is 310 g/mol. The Morgan fingerprint density at radius 2 is 1.77 bits per heavy atom. The van der Waals surface area contributed by atoms with Gasteiger partial charge in [-0.2, -0.15) is 9.78 Å². The molecule has 0 saturated carbocycles. The van der Waals surface area contributed by atoms with E-state index in [-0.39, 0.29) is 5.82 Å². The summed E-state index contributed by atoms with van der Waals surface area (Å²) in [6, 6.07) is 16.3. The van der Waals surface area contributed by atoms with E-state index in [2.05, 4.69) is 15.3 Å². The lowest BCUT2D eigenvalue weighted by atomic mass is 10.1. The highest BCUT2D eigenvalue weighted by Gasteiger charge is 2.20. The fourth-order valence-electron chi connectivity index (χ4n) is 2.31. The molecule has 108 valence electrons. The Morgan fingerprint density at radius 1 is 0.955 bits per heavy atom. The molecule has 0 saturated heterocycles. The van der Waals surface area contributed by atoms with Gasteiger partial charge in [0.15, 0.2) is 5.82 Å². The zero-order chi connectivity index (χ0) is 14.9. The standard InChI is InChI=1S/C16H11FN4S/c17-13-8-4-7-12(9-13)15-18-19-16-21(15)20-14(10-22-16)11-5-2-1-3-6-11/h1-9H,10H2. The van der Waals surface area contributed by atoms with Gasteiger partial charge in [0.05, 0.1) is 5.71 Å². The van der Waals surface area contributed by atoms with Gasteiger partial charge in [-0.15, -0.1) is 10.2 Å². The van der Waals surface area contributed by atoms with E-state index in [1.807, 2.05) is 30.3 Å². The minimum Gasteiger partial charge on any atom is -0.207 e. The van der Waals surface area contributed by atoms with Crippen molar-refractivity contribution >= 4 is 17.5 Å². The van der Waals surface area contributed by atoms with E-state index < -0.39 is 0 Å². The number of hydrogen-bond acceptors (Lipinski definition) is 4. The van der Waals surface area contributed by atoms with Crippen molar-refractivity contribution in [1.29, 1.82) is 0 Å². The summed E-state index contributed by atoms with van der Waals surface area (Å²) >= 11 is 1.58. The van der Waals surface area contributed by atoms with Crippen LogP contribution in [0.15, 0.2) is 64.9 Å². The first-order chi connectivity index (χ1) is 10.8. The highest BCUT2D eigenvalue weighted by molar-refractivity contribution is 7.99. The zero-order valence-corrected chi connectivity index (χ0v) is 12.3. The van der Waals surface area contributed by atoms with Crippen molar-refractivity contribution in [2.24, 2.45) is 5.10 Å². The van der Waals surface area contributed by atoms with E-state index in [4.69, 9.17) is 0 Å². The third kappa shape index (κ3) is 2.31. The quantitative estimate of drug-likeness (QED) is 0.728. The van der Waals surface area contributed by atoms with Crippen LogP contribution in [0.3, 0.4) is 0 Å². The van der Waals surface area contributed by atoms with Crippen LogP contribution >= 0.6 is 11.8 Å². The van der Waals surface area contributed by atoms with Gasteiger partial charge in [0.25, 0.3) is 0 Å². The summed E-state index contributed by atoms with van der Waals surface area (Å²) in [4.78, 5) is 0. The van der Waals surface area contributed by atoms with Crippen LogP contribution in [0.5, 0.6) is 0 Å². The van der Waals surface area contributed by atoms with Crippen LogP contribution in [-0.4, -0.2) is 26.3 Å². The highest BCUT2D eigenvalue weighted by Crippen LogP contribution is 2.28. The SMILES string of the molecule is Fc1cccc(-c2nnc3n2N=C(c2ccccc2)CS3)c1. The van der Waals surface area contributed by atoms with Gasteiger partial charge in [0.1, 0.15) is 5.82 Å². The van der Waals surface area contributed by atoms with Gasteiger partial charge in [0.2, 0.25) is 5.16 Å². The molecular weight excluding hydrogens is 299 g/mol. The van der Waals surface area contributed by atoms with Crippen LogP contribution in [0.25, 0.3) is 11.4 Å². The van der Waals surface area contributed by atoms with Crippen LogP contribution < -0.4 is 0 Å². The van der Waals surface area contributed by atoms with Crippen LogP contribution in [0.4, 0.5) is 4.39 Å². The summed E-state index contributed by atoms with van der Waals surface area (Å²) in [6.45, 7) is 0. The summed E-state index contributed by atoms with van der Waals surface area (Å²) in [7, 11) is 0. The lowest BCUT2D eigenvalue weighted by Crippen LogP contribution is -2.13. The summed E-state index contributed by atoms with van der Waals surface area (Å²) in [5.74, 6) is 0.992. The van der Waals surface area contributed by atoms with E-state index in [0.717, 1.165) is 22.2 Å². The molecule has 0 spiro atoms. The molecule has 4 nitrogen and oxygen atoms in total. The van der Waals surface area contributed by atoms with Crippen molar-refractivity contribution in [3.8, 4) is 11.4 Å². The number of fused-ring (bicyclic) bond motifs is 1. The summed E-state index contributed by atoms with van der Waals surface area (Å²) in [5.41, 5.74) is 2.69. The first-order valence-electron chi connectivity index (χ1n) is 6.79. The maximum atomic E-state index is 13.4. The number of hydrogen-bond donors (Lipinski definition) is 0. The average molecular weight is 310 g/mol. The number of thioether (sulfide) groups is 1. The minimum atomic E-state index is -0.300. The molecule has 1 aliphatic heterocycles. The molecule has 0 bridgehead atoms. The second-order valence-electron chi connectivity index (χ2n) is 4.83. The highest BCUT2D eigenvalue weighted by atomic mass is 32.2. The summed E-state index contributed by atoms with van der Waals surface area (Å²) in [5, 5.41) is 13.7. The van der Waals surface area contributed by atoms with Crippen molar-refractivity contribution in [2.75, 3.05) is 5.75 Å². The number of nitrogens with zero attached hydrogens (tertiary/aromatic N) is 4. The topological polar surface area (TPSA) is 43.1 Å². The molecule has 1 aromatic heterocycles. The van der Waals surface area contributed by atoms with Crippen molar-refractivity contribution in [1.82, 2.24) is 14.9 Å². The molecular formula is C16H11FN4S. The number of benzene rings is 2. The third-order valence-corrected chi connectivity index (χ3v) is 4.29. The molecule has 0 unspecified atom stereocenters. The van der Waals surface area contributed by atoms with Gasteiger partial charge in [-0.1, -0.05) is 54.2 Å². The van der Waals surface area contributed by atoms with E-state index >= 15 is 0 Å². The minimum absolute atomic E-state index is 0.300. The van der Waals surface area contributed by atoms with Gasteiger partial charge in [0, 0.05) is 11.3 Å². The maximum Gasteiger partial charge on any atom is 0.212 e. The van der Waals surface area contributed by atoms with Gasteiger partial charge in [-0.25, -0.2) is 4.39 Å². The van der Waals surface area contributed by atoms with Crippen LogP contribution in [-0.2, 0) is 0 Å². The molecule has 4 rings (SSSR count). The van der Waals surface area contributed by atoms with E-state index in [1.165, 1.54) is 12.1 Å². The van der Waals surface area contributed by atoms with Crippen molar-refractivity contribution in [3.05, 3.63) is 66.0 Å². The lowest BCUT2D eigenvalue weighted by Gasteiger charge is -2.13. The normalized spacial score (nSPS) is 13.6. The third-order valence-electron chi connectivity index (χ3n) is 3.36. The molecule has 0 N–H and O–H groups in total. The first kappa shape index (κ1) is 13.2. The largest absolute Gasteiger partial charge is 0.212 e. The average Bonchev–Trinajstić information content (AvgIpc) is 2.99. The summed E-state index contributed by atoms with van der Waals surface area (Å²) in [6.07, 6.45) is 0. The fraction of sp³-hybridized carbons (Fsp3) is 0.0625. The van der Waals surface area contributed by atoms with Crippen molar-refractivity contribution in [2.45, 2.75) is 5.16 Å². The maximum absolute atomic E-state index is 13.4. The molecule has 0 atom stereocenters. The smallest absolute Gasteiger partial charge is 0.207 e. The Labute approximate surface area is 130 Å². The van der Waals surface area contributed by atoms with Crippen LogP contribution in [0, 0.1) is 5.82 Å². The molecule has 0 fully saturated rings. The van der Waals surface area contributed by atoms with Crippen molar-refractivity contribution < 1.29 is 4.39 Å². The van der Waals surface area contributed by atoms with Gasteiger partial charge in [-0.3, -0.25) is 0 Å². The molecule has 0 aliphatic carbocycles. The van der Waals surface area contributed by atoms with Crippen LogP contribution in [0.1, 0.15) is 5.56 Å². The molecule has 2 aromatic carbocycles. The molecule has 6 heteroatoms. The molecule has 22 heavy (non-hydrogen) atoms. The number of aromatic nitrogens is 3. The Balaban J connectivity index is 1.82. The number of halogens is 1. The number of rotatable bonds is 2. The van der Waals surface area contributed by atoms with Gasteiger partial charge < -0.3 is 0 Å². The molecule has 2 heterocycles. The fourth-order valence-corrected chi connectivity index (χ4v) is 3.15. The molecule has 3 aromatic rings. The van der Waals surface area contributed by atoms with E-state index in [0.29, 0.717) is 11.4 Å². The lowest BCUT2D eigenvalue weighted by molar-refractivity contribution is 0.628. The van der Waals surface area contributed by atoms with Crippen LogP contribution in [0.2, 0.25) is 0 Å². The second-order valence-corrected chi connectivity index (χ2v) is 5.77. The predicted octanol–water partition coefficient (Wildman–Crippen LogP) is 3.44. The Bertz CT molecular complexity index is 858. The Morgan fingerprint density at radius 3 is 2.59 bits per heavy atom.